The second-order valence-electron chi connectivity index (χ2n) is 3.34. The fourth-order valence-electron chi connectivity index (χ4n) is 1.63. The smallest absolute Gasteiger partial charge is 0.235 e. The quantitative estimate of drug-likeness (QED) is 0.640. The number of aromatic hydroxyl groups is 1. The Morgan fingerprint density at radius 3 is 2.88 bits per heavy atom. The van der Waals surface area contributed by atoms with Crippen LogP contribution in [-0.4, -0.2) is 11.2 Å². The van der Waals surface area contributed by atoms with Crippen LogP contribution in [0.4, 0.5) is 0 Å². The van der Waals surface area contributed by atoms with Crippen LogP contribution >= 0.6 is 11.6 Å². The lowest BCUT2D eigenvalue weighted by atomic mass is 10.0. The van der Waals surface area contributed by atoms with E-state index in [1.54, 1.807) is 30.3 Å². The monoisotopic (exact) mass is 233 g/mol. The first kappa shape index (κ1) is 10.7. The highest BCUT2D eigenvalue weighted by atomic mass is 35.5. The number of hydrogen-bond acceptors (Lipinski definition) is 3. The van der Waals surface area contributed by atoms with E-state index in [1.165, 1.54) is 6.08 Å². The van der Waals surface area contributed by atoms with E-state index >= 15 is 0 Å². The highest BCUT2D eigenvalue weighted by Gasteiger charge is 2.06. The van der Waals surface area contributed by atoms with Gasteiger partial charge in [0.2, 0.25) is 6.08 Å². The molecule has 2 rings (SSSR count). The predicted octanol–water partition coefficient (Wildman–Crippen LogP) is 3.03. The molecule has 0 unspecified atom stereocenters. The van der Waals surface area contributed by atoms with Crippen LogP contribution in [0.1, 0.15) is 5.56 Å². The number of rotatable bonds is 2. The van der Waals surface area contributed by atoms with Gasteiger partial charge in [0.15, 0.2) is 0 Å². The van der Waals surface area contributed by atoms with E-state index in [1.807, 2.05) is 0 Å². The number of phenols is 1. The lowest BCUT2D eigenvalue weighted by Crippen LogP contribution is -1.86. The number of aliphatic imine (C=N–C) groups is 1. The summed E-state index contributed by atoms with van der Waals surface area (Å²) >= 11 is 5.87. The van der Waals surface area contributed by atoms with Crippen molar-refractivity contribution in [2.24, 2.45) is 4.99 Å². The molecule has 0 saturated carbocycles. The van der Waals surface area contributed by atoms with Gasteiger partial charge >= 0.3 is 0 Å². The van der Waals surface area contributed by atoms with Crippen molar-refractivity contribution in [1.29, 1.82) is 0 Å². The Balaban J connectivity index is 2.69. The van der Waals surface area contributed by atoms with E-state index in [9.17, 15) is 9.90 Å². The number of carbonyl (C=O) groups excluding carboxylic acids is 1. The SMILES string of the molecule is O=C=NCc1c(O)ccc2cc(Cl)ccc12. The number of benzene rings is 2. The molecule has 16 heavy (non-hydrogen) atoms. The Hall–Kier alpha value is -1.83. The molecule has 4 heteroatoms. The number of phenolic OH excluding ortho intramolecular Hbond substituents is 1. The van der Waals surface area contributed by atoms with Gasteiger partial charge < -0.3 is 5.11 Å². The van der Waals surface area contributed by atoms with Crippen molar-refractivity contribution >= 4 is 28.5 Å². The molecule has 0 fully saturated rings. The number of halogens is 1. The molecule has 0 aliphatic rings. The Bertz CT molecular complexity index is 589. The van der Waals surface area contributed by atoms with Crippen molar-refractivity contribution in [3.8, 4) is 5.75 Å². The van der Waals surface area contributed by atoms with Crippen LogP contribution in [0, 0.1) is 0 Å². The van der Waals surface area contributed by atoms with Crippen molar-refractivity contribution < 1.29 is 9.90 Å². The topological polar surface area (TPSA) is 49.7 Å². The molecular formula is C12H8ClNO2. The van der Waals surface area contributed by atoms with Gasteiger partial charge in [-0.2, -0.15) is 0 Å². The standard InChI is InChI=1S/C12H8ClNO2/c13-9-2-3-10-8(5-9)1-4-12(16)11(10)6-14-7-15/h1-5,16H,6H2. The largest absolute Gasteiger partial charge is 0.508 e. The molecule has 2 aromatic carbocycles. The Labute approximate surface area is 97.0 Å². The van der Waals surface area contributed by atoms with Crippen LogP contribution in [0.25, 0.3) is 10.8 Å². The highest BCUT2D eigenvalue weighted by molar-refractivity contribution is 6.31. The van der Waals surface area contributed by atoms with E-state index in [0.29, 0.717) is 10.6 Å². The molecule has 0 radical (unpaired) electrons. The van der Waals surface area contributed by atoms with Crippen LogP contribution in [0.2, 0.25) is 5.02 Å². The van der Waals surface area contributed by atoms with Crippen molar-refractivity contribution in [3.63, 3.8) is 0 Å². The maximum Gasteiger partial charge on any atom is 0.235 e. The second kappa shape index (κ2) is 4.35. The van der Waals surface area contributed by atoms with Gasteiger partial charge in [-0.1, -0.05) is 23.7 Å². The number of nitrogens with zero attached hydrogens (tertiary/aromatic N) is 1. The summed E-state index contributed by atoms with van der Waals surface area (Å²) in [4.78, 5) is 13.6. The minimum absolute atomic E-state index is 0.119. The summed E-state index contributed by atoms with van der Waals surface area (Å²) in [5.41, 5.74) is 0.609. The fourth-order valence-corrected chi connectivity index (χ4v) is 1.81. The van der Waals surface area contributed by atoms with Crippen molar-refractivity contribution in [1.82, 2.24) is 0 Å². The number of fused-ring (bicyclic) bond motifs is 1. The molecule has 0 atom stereocenters. The molecule has 3 nitrogen and oxygen atoms in total. The lowest BCUT2D eigenvalue weighted by Gasteiger charge is -2.06. The van der Waals surface area contributed by atoms with Gasteiger partial charge in [0, 0.05) is 10.6 Å². The number of isocyanates is 1. The van der Waals surface area contributed by atoms with Gasteiger partial charge in [0.1, 0.15) is 5.75 Å². The summed E-state index contributed by atoms with van der Waals surface area (Å²) < 4.78 is 0. The first-order valence-corrected chi connectivity index (χ1v) is 5.04. The zero-order chi connectivity index (χ0) is 11.5. The first-order valence-electron chi connectivity index (χ1n) is 4.66. The number of hydrogen-bond donors (Lipinski definition) is 1. The normalized spacial score (nSPS) is 10.1. The third-order valence-corrected chi connectivity index (χ3v) is 2.61. The maximum atomic E-state index is 10.1. The molecule has 0 aliphatic carbocycles. The van der Waals surface area contributed by atoms with Crippen molar-refractivity contribution in [2.75, 3.05) is 0 Å². The van der Waals surface area contributed by atoms with E-state index in [2.05, 4.69) is 4.99 Å². The molecular weight excluding hydrogens is 226 g/mol. The molecule has 0 bridgehead atoms. The molecule has 1 N–H and O–H groups in total. The average Bonchev–Trinajstić information content (AvgIpc) is 2.28. The molecule has 0 amide bonds. The van der Waals surface area contributed by atoms with Crippen molar-refractivity contribution in [3.05, 3.63) is 40.9 Å². The Kier molecular flexibility index (Phi) is 2.91. The highest BCUT2D eigenvalue weighted by Crippen LogP contribution is 2.29. The Morgan fingerprint density at radius 2 is 2.12 bits per heavy atom. The van der Waals surface area contributed by atoms with Gasteiger partial charge in [-0.05, 0) is 29.0 Å². The third kappa shape index (κ3) is 1.91. The summed E-state index contributed by atoms with van der Waals surface area (Å²) in [7, 11) is 0. The molecule has 0 heterocycles. The minimum Gasteiger partial charge on any atom is -0.508 e. The molecule has 0 aliphatic heterocycles. The molecule has 0 aromatic heterocycles. The van der Waals surface area contributed by atoms with E-state index in [-0.39, 0.29) is 12.3 Å². The first-order chi connectivity index (χ1) is 7.72. The van der Waals surface area contributed by atoms with Crippen LogP contribution in [0.3, 0.4) is 0 Å². The zero-order valence-corrected chi connectivity index (χ0v) is 9.03. The second-order valence-corrected chi connectivity index (χ2v) is 3.77. The van der Waals surface area contributed by atoms with Gasteiger partial charge in [-0.15, -0.1) is 0 Å². The van der Waals surface area contributed by atoms with Crippen molar-refractivity contribution in [2.45, 2.75) is 6.54 Å². The maximum absolute atomic E-state index is 10.1. The predicted molar refractivity (Wildman–Crippen MR) is 62.4 cm³/mol. The molecule has 2 aromatic rings. The summed E-state index contributed by atoms with van der Waals surface area (Å²) in [5.74, 6) is 0.119. The molecule has 0 saturated heterocycles. The van der Waals surface area contributed by atoms with E-state index in [0.717, 1.165) is 10.8 Å². The fraction of sp³-hybridized carbons (Fsp3) is 0.0833. The average molecular weight is 234 g/mol. The summed E-state index contributed by atoms with van der Waals surface area (Å²) in [6.07, 6.45) is 1.46. The van der Waals surface area contributed by atoms with Crippen LogP contribution < -0.4 is 0 Å². The van der Waals surface area contributed by atoms with Gasteiger partial charge in [-0.25, -0.2) is 9.79 Å². The van der Waals surface area contributed by atoms with Gasteiger partial charge in [0.05, 0.1) is 6.54 Å². The van der Waals surface area contributed by atoms with Crippen LogP contribution in [-0.2, 0) is 11.3 Å². The molecule has 80 valence electrons. The van der Waals surface area contributed by atoms with Crippen LogP contribution in [0.15, 0.2) is 35.3 Å². The summed E-state index contributed by atoms with van der Waals surface area (Å²) in [6.45, 7) is 0.119. The summed E-state index contributed by atoms with van der Waals surface area (Å²) in [6, 6.07) is 8.66. The van der Waals surface area contributed by atoms with E-state index in [4.69, 9.17) is 11.6 Å². The lowest BCUT2D eigenvalue weighted by molar-refractivity contribution is 0.469. The summed E-state index contributed by atoms with van der Waals surface area (Å²) in [5, 5.41) is 12.1. The molecule has 0 spiro atoms. The van der Waals surface area contributed by atoms with Gasteiger partial charge in [0.25, 0.3) is 0 Å². The van der Waals surface area contributed by atoms with Crippen LogP contribution in [0.5, 0.6) is 5.75 Å². The Morgan fingerprint density at radius 1 is 1.31 bits per heavy atom. The third-order valence-electron chi connectivity index (χ3n) is 2.37. The van der Waals surface area contributed by atoms with Gasteiger partial charge in [-0.3, -0.25) is 0 Å². The zero-order valence-electron chi connectivity index (χ0n) is 8.27. The minimum atomic E-state index is 0.119. The van der Waals surface area contributed by atoms with E-state index < -0.39 is 0 Å².